The van der Waals surface area contributed by atoms with Crippen molar-refractivity contribution in [3.8, 4) is 0 Å². The molecule has 0 unspecified atom stereocenters. The molecule has 0 bridgehead atoms. The molecule has 0 aliphatic heterocycles. The minimum Gasteiger partial charge on any atom is -0.423 e. The lowest BCUT2D eigenvalue weighted by Crippen LogP contribution is -1.97. The summed E-state index contributed by atoms with van der Waals surface area (Å²) in [5, 5.41) is 3.33. The number of rotatable bonds is 2. The summed E-state index contributed by atoms with van der Waals surface area (Å²) in [7, 11) is 0. The molecule has 0 aliphatic carbocycles. The topological polar surface area (TPSA) is 30.2 Å². The summed E-state index contributed by atoms with van der Waals surface area (Å²) in [6.45, 7) is 0. The first-order valence-electron chi connectivity index (χ1n) is 7.50. The van der Waals surface area contributed by atoms with E-state index in [1.165, 1.54) is 16.8 Å². The van der Waals surface area contributed by atoms with Crippen LogP contribution >= 0.6 is 0 Å². The van der Waals surface area contributed by atoms with Gasteiger partial charge in [0.2, 0.25) is 0 Å². The molecule has 0 aliphatic rings. The van der Waals surface area contributed by atoms with Gasteiger partial charge in [-0.2, -0.15) is 0 Å². The van der Waals surface area contributed by atoms with Crippen molar-refractivity contribution in [1.82, 2.24) is 0 Å². The predicted octanol–water partition coefficient (Wildman–Crippen LogP) is 5.12. The van der Waals surface area contributed by atoms with E-state index >= 15 is 0 Å². The predicted molar refractivity (Wildman–Crippen MR) is 95.4 cm³/mol. The van der Waals surface area contributed by atoms with Gasteiger partial charge in [-0.25, -0.2) is 4.79 Å². The van der Waals surface area contributed by atoms with Crippen LogP contribution in [0.15, 0.2) is 82.0 Å². The molecule has 0 spiro atoms. The van der Waals surface area contributed by atoms with Crippen LogP contribution in [0.1, 0.15) is 11.1 Å². The van der Waals surface area contributed by atoms with Gasteiger partial charge in [0.25, 0.3) is 0 Å². The summed E-state index contributed by atoms with van der Waals surface area (Å²) < 4.78 is 5.24. The van der Waals surface area contributed by atoms with E-state index in [-0.39, 0.29) is 5.63 Å². The average Bonchev–Trinajstić information content (AvgIpc) is 2.59. The highest BCUT2D eigenvalue weighted by atomic mass is 16.4. The Morgan fingerprint density at radius 1 is 0.696 bits per heavy atom. The molecule has 110 valence electrons. The van der Waals surface area contributed by atoms with E-state index in [0.717, 1.165) is 16.5 Å². The average molecular weight is 298 g/mol. The van der Waals surface area contributed by atoms with Crippen LogP contribution < -0.4 is 5.63 Å². The first-order chi connectivity index (χ1) is 11.3. The highest BCUT2D eigenvalue weighted by Gasteiger charge is 2.02. The van der Waals surface area contributed by atoms with Gasteiger partial charge in [-0.3, -0.25) is 0 Å². The van der Waals surface area contributed by atoms with Gasteiger partial charge in [-0.05, 0) is 28.0 Å². The lowest BCUT2D eigenvalue weighted by molar-refractivity contribution is 0.560. The van der Waals surface area contributed by atoms with Crippen molar-refractivity contribution < 1.29 is 4.42 Å². The van der Waals surface area contributed by atoms with E-state index in [9.17, 15) is 4.79 Å². The Bertz CT molecular complexity index is 1080. The molecule has 1 aromatic heterocycles. The van der Waals surface area contributed by atoms with E-state index in [2.05, 4.69) is 24.3 Å². The van der Waals surface area contributed by atoms with Crippen LogP contribution in [0.25, 0.3) is 33.9 Å². The fourth-order valence-corrected chi connectivity index (χ4v) is 2.85. The van der Waals surface area contributed by atoms with Crippen LogP contribution in [0.2, 0.25) is 0 Å². The molecule has 0 saturated heterocycles. The zero-order valence-corrected chi connectivity index (χ0v) is 12.4. The zero-order chi connectivity index (χ0) is 15.6. The number of fused-ring (bicyclic) bond motifs is 2. The molecule has 0 amide bonds. The number of para-hydroxylation sites is 1. The second-order valence-corrected chi connectivity index (χ2v) is 5.42. The van der Waals surface area contributed by atoms with Crippen molar-refractivity contribution in [2.24, 2.45) is 0 Å². The zero-order valence-electron chi connectivity index (χ0n) is 12.4. The molecule has 4 aromatic rings. The third-order valence-electron chi connectivity index (χ3n) is 3.95. The minimum absolute atomic E-state index is 0.332. The number of hydrogen-bond acceptors (Lipinski definition) is 2. The Kier molecular flexibility index (Phi) is 3.28. The van der Waals surface area contributed by atoms with Gasteiger partial charge >= 0.3 is 5.63 Å². The standard InChI is InChI=1S/C21H14O2/c22-21-14-17(19-10-3-4-11-20(19)23-21)13-12-16-8-5-7-15-6-1-2-9-18(15)16/h1-14H. The highest BCUT2D eigenvalue weighted by molar-refractivity contribution is 5.95. The largest absolute Gasteiger partial charge is 0.423 e. The second-order valence-electron chi connectivity index (χ2n) is 5.42. The maximum atomic E-state index is 11.7. The van der Waals surface area contributed by atoms with Crippen molar-refractivity contribution in [3.05, 3.63) is 94.3 Å². The Labute approximate surface area is 133 Å². The number of benzene rings is 3. The Morgan fingerprint density at radius 2 is 1.39 bits per heavy atom. The van der Waals surface area contributed by atoms with E-state index in [1.807, 2.05) is 54.6 Å². The molecule has 0 N–H and O–H groups in total. The quantitative estimate of drug-likeness (QED) is 0.481. The molecule has 0 fully saturated rings. The summed E-state index contributed by atoms with van der Waals surface area (Å²) in [5.41, 5.74) is 2.27. The van der Waals surface area contributed by atoms with Gasteiger partial charge in [0.15, 0.2) is 0 Å². The van der Waals surface area contributed by atoms with E-state index < -0.39 is 0 Å². The molecule has 0 atom stereocenters. The van der Waals surface area contributed by atoms with Gasteiger partial charge in [-0.1, -0.05) is 72.8 Å². The second kappa shape index (κ2) is 5.58. The van der Waals surface area contributed by atoms with Gasteiger partial charge < -0.3 is 4.42 Å². The summed E-state index contributed by atoms with van der Waals surface area (Å²) in [6, 6.07) is 23.6. The lowest BCUT2D eigenvalue weighted by Gasteiger charge is -2.03. The molecular weight excluding hydrogens is 284 g/mol. The Balaban J connectivity index is 1.87. The third kappa shape index (κ3) is 2.55. The van der Waals surface area contributed by atoms with Crippen molar-refractivity contribution in [3.63, 3.8) is 0 Å². The lowest BCUT2D eigenvalue weighted by atomic mass is 10.0. The van der Waals surface area contributed by atoms with Crippen LogP contribution in [0.5, 0.6) is 0 Å². The normalized spacial score (nSPS) is 11.5. The number of hydrogen-bond donors (Lipinski definition) is 0. The van der Waals surface area contributed by atoms with Crippen molar-refractivity contribution in [2.45, 2.75) is 0 Å². The molecule has 0 radical (unpaired) electrons. The summed E-state index contributed by atoms with van der Waals surface area (Å²) in [5.74, 6) is 0. The van der Waals surface area contributed by atoms with Gasteiger partial charge in [-0.15, -0.1) is 0 Å². The van der Waals surface area contributed by atoms with Gasteiger partial charge in [0, 0.05) is 11.5 Å². The first kappa shape index (κ1) is 13.5. The Hall–Kier alpha value is -3.13. The van der Waals surface area contributed by atoms with Crippen molar-refractivity contribution in [2.75, 3.05) is 0 Å². The maximum Gasteiger partial charge on any atom is 0.336 e. The third-order valence-corrected chi connectivity index (χ3v) is 3.95. The molecule has 4 rings (SSSR count). The molecule has 2 nitrogen and oxygen atoms in total. The van der Waals surface area contributed by atoms with E-state index in [4.69, 9.17) is 4.42 Å². The van der Waals surface area contributed by atoms with E-state index in [0.29, 0.717) is 5.58 Å². The van der Waals surface area contributed by atoms with Gasteiger partial charge in [0.1, 0.15) is 5.58 Å². The fraction of sp³-hybridized carbons (Fsp3) is 0. The smallest absolute Gasteiger partial charge is 0.336 e. The van der Waals surface area contributed by atoms with E-state index in [1.54, 1.807) is 0 Å². The van der Waals surface area contributed by atoms with Gasteiger partial charge in [0.05, 0.1) is 0 Å². The summed E-state index contributed by atoms with van der Waals surface area (Å²) >= 11 is 0. The first-order valence-corrected chi connectivity index (χ1v) is 7.50. The summed E-state index contributed by atoms with van der Waals surface area (Å²) in [4.78, 5) is 11.7. The van der Waals surface area contributed by atoms with Crippen LogP contribution in [0.3, 0.4) is 0 Å². The van der Waals surface area contributed by atoms with Crippen LogP contribution in [-0.2, 0) is 0 Å². The molecule has 23 heavy (non-hydrogen) atoms. The van der Waals surface area contributed by atoms with Crippen molar-refractivity contribution in [1.29, 1.82) is 0 Å². The molecule has 2 heteroatoms. The van der Waals surface area contributed by atoms with Crippen LogP contribution in [0, 0.1) is 0 Å². The van der Waals surface area contributed by atoms with Crippen LogP contribution in [0.4, 0.5) is 0 Å². The molecule has 0 saturated carbocycles. The minimum atomic E-state index is -0.332. The Morgan fingerprint density at radius 3 is 2.30 bits per heavy atom. The monoisotopic (exact) mass is 298 g/mol. The maximum absolute atomic E-state index is 11.7. The summed E-state index contributed by atoms with van der Waals surface area (Å²) in [6.07, 6.45) is 4.02. The van der Waals surface area contributed by atoms with Crippen LogP contribution in [-0.4, -0.2) is 0 Å². The SMILES string of the molecule is O=c1cc(C=Cc2cccc3ccccc23)c2ccccc2o1. The molecule has 1 heterocycles. The fourth-order valence-electron chi connectivity index (χ4n) is 2.85. The van der Waals surface area contributed by atoms with Crippen molar-refractivity contribution >= 4 is 33.9 Å². The molecule has 3 aromatic carbocycles. The highest BCUT2D eigenvalue weighted by Crippen LogP contribution is 2.22. The molecular formula is C21H14O2.